The van der Waals surface area contributed by atoms with Crippen molar-refractivity contribution >= 4 is 22.6 Å². The summed E-state index contributed by atoms with van der Waals surface area (Å²) in [6, 6.07) is 21.7. The van der Waals surface area contributed by atoms with Crippen LogP contribution < -0.4 is 20.2 Å². The number of anilines is 1. The number of aryl methyl sites for hydroxylation is 1. The van der Waals surface area contributed by atoms with Crippen molar-refractivity contribution in [1.29, 1.82) is 0 Å². The highest BCUT2D eigenvalue weighted by molar-refractivity contribution is 5.93. The summed E-state index contributed by atoms with van der Waals surface area (Å²) in [5.74, 6) is 0.436. The molecule has 0 unspecified atom stereocenters. The molecule has 6 heteroatoms. The molecule has 1 amide bonds. The minimum atomic E-state index is -0.417. The molecule has 0 saturated carbocycles. The number of para-hydroxylation sites is 2. The summed E-state index contributed by atoms with van der Waals surface area (Å²) in [5, 5.41) is 3.16. The first kappa shape index (κ1) is 21.2. The number of benzene rings is 3. The van der Waals surface area contributed by atoms with Gasteiger partial charge in [0.15, 0.2) is 12.4 Å². The second-order valence-electron chi connectivity index (χ2n) is 7.22. The summed E-state index contributed by atoms with van der Waals surface area (Å²) in [6.07, 6.45) is 0. The largest absolute Gasteiger partial charge is 0.492 e. The van der Waals surface area contributed by atoms with E-state index in [0.717, 1.165) is 5.56 Å². The molecule has 4 aromatic rings. The molecule has 0 aliphatic heterocycles. The molecule has 0 aliphatic rings. The monoisotopic (exact) mass is 429 g/mol. The summed E-state index contributed by atoms with van der Waals surface area (Å²) in [5.41, 5.74) is 2.34. The summed E-state index contributed by atoms with van der Waals surface area (Å²) in [4.78, 5) is 25.8. The third kappa shape index (κ3) is 4.49. The summed E-state index contributed by atoms with van der Waals surface area (Å²) in [6.45, 7) is 3.91. The van der Waals surface area contributed by atoms with Crippen LogP contribution >= 0.6 is 0 Å². The van der Waals surface area contributed by atoms with Gasteiger partial charge in [-0.15, -0.1) is 0 Å². The van der Waals surface area contributed by atoms with Crippen LogP contribution in [0.2, 0.25) is 0 Å². The van der Waals surface area contributed by atoms with Crippen LogP contribution in [-0.2, 0) is 4.79 Å². The van der Waals surface area contributed by atoms with Crippen LogP contribution in [0.3, 0.4) is 0 Å². The Balaban J connectivity index is 1.65. The van der Waals surface area contributed by atoms with Crippen LogP contribution in [0.25, 0.3) is 22.3 Å². The van der Waals surface area contributed by atoms with E-state index < -0.39 is 5.91 Å². The second kappa shape index (κ2) is 9.39. The number of carbonyl (C=O) groups is 1. The molecule has 4 rings (SSSR count). The van der Waals surface area contributed by atoms with Crippen molar-refractivity contribution in [3.05, 3.63) is 88.6 Å². The van der Waals surface area contributed by atoms with E-state index in [9.17, 15) is 9.59 Å². The maximum absolute atomic E-state index is 13.2. The molecular weight excluding hydrogens is 406 g/mol. The molecule has 162 valence electrons. The predicted molar refractivity (Wildman–Crippen MR) is 124 cm³/mol. The SMILES string of the molecule is CCOc1ccccc1NC(=O)COc1c(-c2ccccc2)oc2cc(C)ccc2c1=O. The fourth-order valence-electron chi connectivity index (χ4n) is 3.37. The molecule has 0 fully saturated rings. The molecule has 0 atom stereocenters. The zero-order valence-electron chi connectivity index (χ0n) is 17.9. The number of carbonyl (C=O) groups excluding carboxylic acids is 1. The van der Waals surface area contributed by atoms with Gasteiger partial charge >= 0.3 is 0 Å². The Bertz CT molecular complexity index is 1310. The molecule has 3 aromatic carbocycles. The van der Waals surface area contributed by atoms with Crippen LogP contribution in [0, 0.1) is 6.92 Å². The van der Waals surface area contributed by atoms with Gasteiger partial charge in [-0.25, -0.2) is 0 Å². The molecule has 0 spiro atoms. The van der Waals surface area contributed by atoms with Gasteiger partial charge in [-0.1, -0.05) is 48.5 Å². The fourth-order valence-corrected chi connectivity index (χ4v) is 3.37. The smallest absolute Gasteiger partial charge is 0.262 e. The maximum atomic E-state index is 13.2. The Morgan fingerprint density at radius 1 is 0.969 bits per heavy atom. The van der Waals surface area contributed by atoms with Gasteiger partial charge in [-0.3, -0.25) is 9.59 Å². The van der Waals surface area contributed by atoms with Crippen molar-refractivity contribution in [2.24, 2.45) is 0 Å². The van der Waals surface area contributed by atoms with Gasteiger partial charge in [0.2, 0.25) is 11.2 Å². The third-order valence-corrected chi connectivity index (χ3v) is 4.85. The number of hydrogen-bond acceptors (Lipinski definition) is 5. The van der Waals surface area contributed by atoms with Crippen molar-refractivity contribution in [2.75, 3.05) is 18.5 Å². The van der Waals surface area contributed by atoms with E-state index in [-0.39, 0.29) is 23.5 Å². The van der Waals surface area contributed by atoms with E-state index in [1.165, 1.54) is 0 Å². The van der Waals surface area contributed by atoms with Gasteiger partial charge in [0, 0.05) is 5.56 Å². The predicted octanol–water partition coefficient (Wildman–Crippen LogP) is 5.18. The highest BCUT2D eigenvalue weighted by Crippen LogP contribution is 2.31. The average Bonchev–Trinajstić information content (AvgIpc) is 2.80. The van der Waals surface area contributed by atoms with Gasteiger partial charge in [-0.05, 0) is 43.7 Å². The summed E-state index contributed by atoms with van der Waals surface area (Å²) >= 11 is 0. The van der Waals surface area contributed by atoms with E-state index in [2.05, 4.69) is 5.32 Å². The van der Waals surface area contributed by atoms with Crippen molar-refractivity contribution in [3.8, 4) is 22.8 Å². The molecular formula is C26H23NO5. The Morgan fingerprint density at radius 3 is 2.50 bits per heavy atom. The molecule has 0 bridgehead atoms. The maximum Gasteiger partial charge on any atom is 0.262 e. The Kier molecular flexibility index (Phi) is 6.22. The lowest BCUT2D eigenvalue weighted by Crippen LogP contribution is -2.23. The number of rotatable bonds is 7. The normalized spacial score (nSPS) is 10.7. The Hall–Kier alpha value is -4.06. The lowest BCUT2D eigenvalue weighted by Gasteiger charge is -2.13. The third-order valence-electron chi connectivity index (χ3n) is 4.85. The molecule has 0 radical (unpaired) electrons. The van der Waals surface area contributed by atoms with Gasteiger partial charge in [-0.2, -0.15) is 0 Å². The second-order valence-corrected chi connectivity index (χ2v) is 7.22. The topological polar surface area (TPSA) is 77.8 Å². The van der Waals surface area contributed by atoms with Crippen LogP contribution in [0.1, 0.15) is 12.5 Å². The van der Waals surface area contributed by atoms with E-state index >= 15 is 0 Å². The standard InChI is InChI=1S/C26H23NO5/c1-3-30-21-12-8-7-11-20(21)27-23(28)16-31-26-24(29)19-14-13-17(2)15-22(19)32-25(26)18-9-5-4-6-10-18/h4-15H,3,16H2,1-2H3,(H,27,28). The minimum absolute atomic E-state index is 0.000737. The Morgan fingerprint density at radius 2 is 1.72 bits per heavy atom. The van der Waals surface area contributed by atoms with Gasteiger partial charge < -0.3 is 19.2 Å². The lowest BCUT2D eigenvalue weighted by atomic mass is 10.1. The summed E-state index contributed by atoms with van der Waals surface area (Å²) in [7, 11) is 0. The lowest BCUT2D eigenvalue weighted by molar-refractivity contribution is -0.118. The zero-order valence-corrected chi connectivity index (χ0v) is 17.9. The minimum Gasteiger partial charge on any atom is -0.492 e. The molecule has 0 saturated heterocycles. The van der Waals surface area contributed by atoms with Gasteiger partial charge in [0.05, 0.1) is 17.7 Å². The summed E-state index contributed by atoms with van der Waals surface area (Å²) < 4.78 is 17.3. The van der Waals surface area contributed by atoms with Crippen LogP contribution in [-0.4, -0.2) is 19.1 Å². The van der Waals surface area contributed by atoms with Crippen LogP contribution in [0.5, 0.6) is 11.5 Å². The molecule has 0 aliphatic carbocycles. The highest BCUT2D eigenvalue weighted by atomic mass is 16.5. The van der Waals surface area contributed by atoms with E-state index in [4.69, 9.17) is 13.9 Å². The molecule has 1 aromatic heterocycles. The first-order valence-corrected chi connectivity index (χ1v) is 10.3. The molecule has 1 N–H and O–H groups in total. The number of hydrogen-bond donors (Lipinski definition) is 1. The quantitative estimate of drug-likeness (QED) is 0.438. The van der Waals surface area contributed by atoms with Crippen LogP contribution in [0.4, 0.5) is 5.69 Å². The van der Waals surface area contributed by atoms with Crippen LogP contribution in [0.15, 0.2) is 82.0 Å². The fraction of sp³-hybridized carbons (Fsp3) is 0.154. The molecule has 32 heavy (non-hydrogen) atoms. The number of amides is 1. The zero-order chi connectivity index (χ0) is 22.5. The average molecular weight is 429 g/mol. The van der Waals surface area contributed by atoms with Crippen molar-refractivity contribution in [2.45, 2.75) is 13.8 Å². The van der Waals surface area contributed by atoms with Crippen molar-refractivity contribution < 1.29 is 18.7 Å². The van der Waals surface area contributed by atoms with Crippen molar-refractivity contribution in [3.63, 3.8) is 0 Å². The molecule has 1 heterocycles. The van der Waals surface area contributed by atoms with E-state index in [1.807, 2.05) is 62.4 Å². The first-order valence-electron chi connectivity index (χ1n) is 10.3. The number of fused-ring (bicyclic) bond motifs is 1. The first-order chi connectivity index (χ1) is 15.6. The van der Waals surface area contributed by atoms with E-state index in [1.54, 1.807) is 24.3 Å². The van der Waals surface area contributed by atoms with Gasteiger partial charge in [0.25, 0.3) is 5.91 Å². The van der Waals surface area contributed by atoms with E-state index in [0.29, 0.717) is 34.6 Å². The Labute approximate surface area is 185 Å². The number of nitrogens with one attached hydrogen (secondary N) is 1. The van der Waals surface area contributed by atoms with Crippen molar-refractivity contribution in [1.82, 2.24) is 0 Å². The van der Waals surface area contributed by atoms with Gasteiger partial charge in [0.1, 0.15) is 11.3 Å². The number of ether oxygens (including phenoxy) is 2. The molecule has 6 nitrogen and oxygen atoms in total. The highest BCUT2D eigenvalue weighted by Gasteiger charge is 2.19.